The zero-order valence-corrected chi connectivity index (χ0v) is 7.66. The van der Waals surface area contributed by atoms with Crippen LogP contribution in [0.15, 0.2) is 28.9 Å². The summed E-state index contributed by atoms with van der Waals surface area (Å²) in [5.74, 6) is 0. The number of aromatic nitrogens is 1. The molecule has 2 aromatic heterocycles. The highest BCUT2D eigenvalue weighted by Crippen LogP contribution is 2.17. The first-order valence-electron chi connectivity index (χ1n) is 4.31. The second kappa shape index (κ2) is 3.66. The quantitative estimate of drug-likeness (QED) is 0.603. The van der Waals surface area contributed by atoms with Gasteiger partial charge in [0, 0.05) is 10.3 Å². The summed E-state index contributed by atoms with van der Waals surface area (Å²) in [6.45, 7) is -0.556. The molecule has 0 aliphatic rings. The molecule has 1 unspecified atom stereocenters. The first-order chi connectivity index (χ1) is 7.16. The van der Waals surface area contributed by atoms with E-state index in [1.54, 1.807) is 18.2 Å². The minimum Gasteiger partial charge on any atom is -0.446 e. The Kier molecular flexibility index (Phi) is 2.34. The molecule has 0 spiro atoms. The number of nitro groups is 1. The highest BCUT2D eigenvalue weighted by molar-refractivity contribution is 5.72. The lowest BCUT2D eigenvalue weighted by Gasteiger charge is -2.04. The molecule has 0 saturated carbocycles. The van der Waals surface area contributed by atoms with Gasteiger partial charge in [0.2, 0.25) is 12.3 Å². The molecule has 0 radical (unpaired) electrons. The molecule has 1 N–H and O–H groups in total. The van der Waals surface area contributed by atoms with Gasteiger partial charge in [0.1, 0.15) is 0 Å². The van der Waals surface area contributed by atoms with Crippen LogP contribution in [-0.2, 0) is 0 Å². The molecule has 15 heavy (non-hydrogen) atoms. The van der Waals surface area contributed by atoms with E-state index in [-0.39, 0.29) is 5.69 Å². The Balaban J connectivity index is 2.30. The smallest absolute Gasteiger partial charge is 0.235 e. The highest BCUT2D eigenvalue weighted by Gasteiger charge is 2.16. The van der Waals surface area contributed by atoms with Crippen molar-refractivity contribution < 1.29 is 14.4 Å². The molecular weight excluding hydrogens is 200 g/mol. The van der Waals surface area contributed by atoms with E-state index in [4.69, 9.17) is 4.42 Å². The summed E-state index contributed by atoms with van der Waals surface area (Å²) in [5, 5.41) is 20.4. The molecule has 0 aliphatic carbocycles. The van der Waals surface area contributed by atoms with Gasteiger partial charge < -0.3 is 9.52 Å². The molecule has 2 heterocycles. The van der Waals surface area contributed by atoms with Crippen LogP contribution in [0.3, 0.4) is 0 Å². The number of rotatable bonds is 3. The number of nitrogens with zero attached hydrogens (tertiary/aromatic N) is 2. The van der Waals surface area contributed by atoms with Crippen LogP contribution in [0.1, 0.15) is 11.8 Å². The van der Waals surface area contributed by atoms with Crippen molar-refractivity contribution in [1.82, 2.24) is 4.98 Å². The van der Waals surface area contributed by atoms with Gasteiger partial charge in [-0.3, -0.25) is 10.1 Å². The van der Waals surface area contributed by atoms with E-state index in [0.717, 1.165) is 5.39 Å². The van der Waals surface area contributed by atoms with Crippen LogP contribution >= 0.6 is 0 Å². The molecule has 0 aromatic carbocycles. The van der Waals surface area contributed by atoms with Gasteiger partial charge in [-0.1, -0.05) is 0 Å². The third kappa shape index (κ3) is 1.94. The predicted octanol–water partition coefficient (Wildman–Crippen LogP) is 1.14. The van der Waals surface area contributed by atoms with Gasteiger partial charge in [-0.2, -0.15) is 0 Å². The average molecular weight is 208 g/mol. The summed E-state index contributed by atoms with van der Waals surface area (Å²) < 4.78 is 5.02. The lowest BCUT2D eigenvalue weighted by molar-refractivity contribution is -0.491. The number of furan rings is 1. The van der Waals surface area contributed by atoms with Gasteiger partial charge in [-0.25, -0.2) is 4.98 Å². The lowest BCUT2D eigenvalue weighted by Crippen LogP contribution is -2.12. The topological polar surface area (TPSA) is 89.4 Å². The van der Waals surface area contributed by atoms with Crippen LogP contribution in [0.4, 0.5) is 0 Å². The first kappa shape index (κ1) is 9.60. The van der Waals surface area contributed by atoms with Crippen molar-refractivity contribution in [3.05, 3.63) is 40.3 Å². The molecule has 2 rings (SSSR count). The Morgan fingerprint density at radius 1 is 1.53 bits per heavy atom. The Hall–Kier alpha value is -1.95. The van der Waals surface area contributed by atoms with Crippen molar-refractivity contribution in [2.24, 2.45) is 0 Å². The van der Waals surface area contributed by atoms with Crippen LogP contribution in [0.5, 0.6) is 0 Å². The largest absolute Gasteiger partial charge is 0.446 e. The van der Waals surface area contributed by atoms with E-state index < -0.39 is 17.6 Å². The Morgan fingerprint density at radius 2 is 2.33 bits per heavy atom. The minimum atomic E-state index is -1.20. The monoisotopic (exact) mass is 208 g/mol. The van der Waals surface area contributed by atoms with Gasteiger partial charge in [0.15, 0.2) is 6.10 Å². The summed E-state index contributed by atoms with van der Waals surface area (Å²) in [5.41, 5.74) is 0.615. The maximum Gasteiger partial charge on any atom is 0.235 e. The fraction of sp³-hybridized carbons (Fsp3) is 0.222. The highest BCUT2D eigenvalue weighted by atomic mass is 16.6. The summed E-state index contributed by atoms with van der Waals surface area (Å²) in [6.07, 6.45) is 0.274. The van der Waals surface area contributed by atoms with Gasteiger partial charge >= 0.3 is 0 Å². The molecule has 0 saturated heterocycles. The van der Waals surface area contributed by atoms with Crippen molar-refractivity contribution in [3.63, 3.8) is 0 Å². The molecule has 6 heteroatoms. The number of fused-ring (bicyclic) bond motifs is 1. The van der Waals surface area contributed by atoms with Crippen molar-refractivity contribution in [2.75, 3.05) is 6.54 Å². The second-order valence-corrected chi connectivity index (χ2v) is 3.08. The molecule has 1 atom stereocenters. The molecule has 0 aliphatic heterocycles. The maximum atomic E-state index is 10.2. The van der Waals surface area contributed by atoms with Crippen molar-refractivity contribution in [1.29, 1.82) is 0 Å². The van der Waals surface area contributed by atoms with Crippen molar-refractivity contribution in [2.45, 2.75) is 6.10 Å². The van der Waals surface area contributed by atoms with E-state index in [1.807, 2.05) is 0 Å². The van der Waals surface area contributed by atoms with Crippen LogP contribution in [0.25, 0.3) is 11.1 Å². The number of pyridine rings is 1. The average Bonchev–Trinajstić information content (AvgIpc) is 2.62. The van der Waals surface area contributed by atoms with E-state index >= 15 is 0 Å². The van der Waals surface area contributed by atoms with Gasteiger partial charge in [-0.15, -0.1) is 0 Å². The fourth-order valence-electron chi connectivity index (χ4n) is 1.28. The number of hydrogen-bond donors (Lipinski definition) is 1. The standard InChI is InChI=1S/C9H8N2O4/c12-8(5-11(13)14)7-2-1-6-3-4-15-9(6)10-7/h1-4,8,12H,5H2. The van der Waals surface area contributed by atoms with Crippen molar-refractivity contribution >= 4 is 11.1 Å². The summed E-state index contributed by atoms with van der Waals surface area (Å²) in [7, 11) is 0. The molecule has 6 nitrogen and oxygen atoms in total. The van der Waals surface area contributed by atoms with Crippen LogP contribution in [0, 0.1) is 10.1 Å². The fourth-order valence-corrected chi connectivity index (χ4v) is 1.28. The predicted molar refractivity (Wildman–Crippen MR) is 50.8 cm³/mol. The number of aliphatic hydroxyl groups excluding tert-OH is 1. The van der Waals surface area contributed by atoms with E-state index in [9.17, 15) is 15.2 Å². The normalized spacial score (nSPS) is 12.9. The third-order valence-electron chi connectivity index (χ3n) is 2.00. The Morgan fingerprint density at radius 3 is 3.07 bits per heavy atom. The van der Waals surface area contributed by atoms with Gasteiger partial charge in [0.05, 0.1) is 12.0 Å². The van der Waals surface area contributed by atoms with E-state index in [1.165, 1.54) is 6.26 Å². The zero-order valence-electron chi connectivity index (χ0n) is 7.66. The maximum absolute atomic E-state index is 10.2. The summed E-state index contributed by atoms with van der Waals surface area (Å²) in [6, 6.07) is 4.97. The van der Waals surface area contributed by atoms with Gasteiger partial charge in [-0.05, 0) is 18.2 Å². The van der Waals surface area contributed by atoms with E-state index in [0.29, 0.717) is 5.71 Å². The molecule has 0 bridgehead atoms. The molecule has 0 fully saturated rings. The lowest BCUT2D eigenvalue weighted by atomic mass is 10.2. The molecular formula is C9H8N2O4. The van der Waals surface area contributed by atoms with Gasteiger partial charge in [0.25, 0.3) is 0 Å². The second-order valence-electron chi connectivity index (χ2n) is 3.08. The van der Waals surface area contributed by atoms with E-state index in [2.05, 4.69) is 4.98 Å². The number of aliphatic hydroxyl groups is 1. The third-order valence-corrected chi connectivity index (χ3v) is 2.00. The molecule has 2 aromatic rings. The number of hydrogen-bond acceptors (Lipinski definition) is 5. The van der Waals surface area contributed by atoms with Crippen molar-refractivity contribution in [3.8, 4) is 0 Å². The van der Waals surface area contributed by atoms with Crippen LogP contribution < -0.4 is 0 Å². The molecule has 0 amide bonds. The Bertz CT molecular complexity index is 494. The van der Waals surface area contributed by atoms with Crippen LogP contribution in [0.2, 0.25) is 0 Å². The summed E-state index contributed by atoms with van der Waals surface area (Å²) in [4.78, 5) is 13.6. The zero-order chi connectivity index (χ0) is 10.8. The summed E-state index contributed by atoms with van der Waals surface area (Å²) >= 11 is 0. The molecule has 78 valence electrons. The SMILES string of the molecule is O=[N+]([O-])CC(O)c1ccc2ccoc2n1. The van der Waals surface area contributed by atoms with Crippen LogP contribution in [-0.4, -0.2) is 21.6 Å². The first-order valence-corrected chi connectivity index (χ1v) is 4.31. The minimum absolute atomic E-state index is 0.245. The Labute approximate surface area is 84.3 Å².